The first-order valence-electron chi connectivity index (χ1n) is 10.7. The second-order valence-corrected chi connectivity index (χ2v) is 10.5. The molecule has 2 atom stereocenters. The fraction of sp³-hybridized carbons (Fsp3) is 0.417. The third-order valence-electron chi connectivity index (χ3n) is 5.41. The minimum atomic E-state index is -3.47. The van der Waals surface area contributed by atoms with Gasteiger partial charge in [0, 0.05) is 17.8 Å². The number of hydrogen-bond acceptors (Lipinski definition) is 4. The highest BCUT2D eigenvalue weighted by Crippen LogP contribution is 2.25. The SMILES string of the molecule is Cc1nc(C2C=CC=CC2NS(C)(=O)=O)n(CCc2cccc(F)c2)c(=O)c1CC(C)C. The van der Waals surface area contributed by atoms with E-state index < -0.39 is 22.0 Å². The number of benzene rings is 1. The molecular weight excluding hydrogens is 429 g/mol. The molecule has 6 nitrogen and oxygen atoms in total. The van der Waals surface area contributed by atoms with Crippen LogP contribution in [0.1, 0.15) is 42.4 Å². The standard InChI is InChI=1S/C24H30FN3O3S/c1-16(2)14-21-17(3)26-23(20-10-5-6-11-22(20)27-32(4,30)31)28(24(21)29)13-12-18-8-7-9-19(25)15-18/h5-11,15-16,20,22,27H,12-14H2,1-4H3. The van der Waals surface area contributed by atoms with E-state index in [2.05, 4.69) is 4.72 Å². The quantitative estimate of drug-likeness (QED) is 0.657. The number of rotatable bonds is 8. The van der Waals surface area contributed by atoms with Crippen molar-refractivity contribution < 1.29 is 12.8 Å². The van der Waals surface area contributed by atoms with Crippen LogP contribution in [0.5, 0.6) is 0 Å². The Balaban J connectivity index is 2.08. The van der Waals surface area contributed by atoms with Gasteiger partial charge in [0.05, 0.1) is 18.2 Å². The number of sulfonamides is 1. The summed E-state index contributed by atoms with van der Waals surface area (Å²) in [5, 5.41) is 0. The summed E-state index contributed by atoms with van der Waals surface area (Å²) >= 11 is 0. The summed E-state index contributed by atoms with van der Waals surface area (Å²) in [4.78, 5) is 18.3. The second-order valence-electron chi connectivity index (χ2n) is 8.68. The molecule has 0 saturated heterocycles. The molecule has 2 aromatic rings. The van der Waals surface area contributed by atoms with Crippen molar-refractivity contribution in [1.29, 1.82) is 0 Å². The lowest BCUT2D eigenvalue weighted by molar-refractivity contribution is 0.516. The lowest BCUT2D eigenvalue weighted by atomic mass is 9.93. The molecule has 3 rings (SSSR count). The maximum absolute atomic E-state index is 13.6. The Kier molecular flexibility index (Phi) is 7.46. The van der Waals surface area contributed by atoms with E-state index in [1.807, 2.05) is 39.0 Å². The zero-order valence-corrected chi connectivity index (χ0v) is 19.7. The van der Waals surface area contributed by atoms with E-state index in [9.17, 15) is 17.6 Å². The molecule has 32 heavy (non-hydrogen) atoms. The van der Waals surface area contributed by atoms with Gasteiger partial charge in [-0.3, -0.25) is 9.36 Å². The van der Waals surface area contributed by atoms with Crippen LogP contribution in [0.3, 0.4) is 0 Å². The number of halogens is 1. The summed E-state index contributed by atoms with van der Waals surface area (Å²) in [6, 6.07) is 5.75. The van der Waals surface area contributed by atoms with Crippen molar-refractivity contribution in [2.24, 2.45) is 5.92 Å². The van der Waals surface area contributed by atoms with E-state index in [1.165, 1.54) is 12.1 Å². The molecule has 8 heteroatoms. The topological polar surface area (TPSA) is 81.1 Å². The third kappa shape index (κ3) is 6.01. The first-order valence-corrected chi connectivity index (χ1v) is 12.6. The number of hydrogen-bond donors (Lipinski definition) is 1. The number of aryl methyl sites for hydroxylation is 2. The zero-order chi connectivity index (χ0) is 23.5. The first kappa shape index (κ1) is 24.1. The molecule has 0 aliphatic heterocycles. The van der Waals surface area contributed by atoms with Crippen LogP contribution in [-0.4, -0.2) is 30.3 Å². The Morgan fingerprint density at radius 3 is 2.59 bits per heavy atom. The molecule has 0 amide bonds. The van der Waals surface area contributed by atoms with Crippen LogP contribution in [-0.2, 0) is 29.4 Å². The Labute approximate surface area is 188 Å². The van der Waals surface area contributed by atoms with E-state index in [1.54, 1.807) is 22.8 Å². The lowest BCUT2D eigenvalue weighted by Gasteiger charge is -2.27. The van der Waals surface area contributed by atoms with Gasteiger partial charge in [0.15, 0.2) is 0 Å². The Bertz CT molecular complexity index is 1200. The number of nitrogens with one attached hydrogen (secondary N) is 1. The molecule has 0 saturated carbocycles. The smallest absolute Gasteiger partial charge is 0.256 e. The summed E-state index contributed by atoms with van der Waals surface area (Å²) in [5.41, 5.74) is 1.96. The van der Waals surface area contributed by atoms with Gasteiger partial charge in [-0.25, -0.2) is 22.5 Å². The maximum Gasteiger partial charge on any atom is 0.256 e. The molecule has 1 aliphatic rings. The molecule has 1 aromatic carbocycles. The Morgan fingerprint density at radius 1 is 1.22 bits per heavy atom. The maximum atomic E-state index is 13.6. The van der Waals surface area contributed by atoms with E-state index in [-0.39, 0.29) is 17.3 Å². The molecule has 1 N–H and O–H groups in total. The lowest BCUT2D eigenvalue weighted by Crippen LogP contribution is -2.41. The van der Waals surface area contributed by atoms with Gasteiger partial charge < -0.3 is 0 Å². The molecule has 0 bridgehead atoms. The summed E-state index contributed by atoms with van der Waals surface area (Å²) in [6.07, 6.45) is 9.37. The number of nitrogens with zero attached hydrogens (tertiary/aromatic N) is 2. The van der Waals surface area contributed by atoms with Crippen molar-refractivity contribution in [3.63, 3.8) is 0 Å². The fourth-order valence-corrected chi connectivity index (χ4v) is 4.70. The number of aromatic nitrogens is 2. The average molecular weight is 460 g/mol. The number of allylic oxidation sites excluding steroid dienone is 2. The summed E-state index contributed by atoms with van der Waals surface area (Å²) in [6.45, 7) is 6.23. The molecule has 0 radical (unpaired) electrons. The summed E-state index contributed by atoms with van der Waals surface area (Å²) < 4.78 is 41.7. The zero-order valence-electron chi connectivity index (χ0n) is 18.9. The van der Waals surface area contributed by atoms with Crippen LogP contribution in [0.4, 0.5) is 4.39 Å². The van der Waals surface area contributed by atoms with Gasteiger partial charge in [0.1, 0.15) is 11.6 Å². The molecule has 2 unspecified atom stereocenters. The molecular formula is C24H30FN3O3S. The minimum Gasteiger partial charge on any atom is -0.296 e. The van der Waals surface area contributed by atoms with E-state index in [0.29, 0.717) is 36.5 Å². The van der Waals surface area contributed by atoms with Crippen molar-refractivity contribution in [1.82, 2.24) is 14.3 Å². The Morgan fingerprint density at radius 2 is 1.94 bits per heavy atom. The fourth-order valence-electron chi connectivity index (χ4n) is 3.98. The van der Waals surface area contributed by atoms with Crippen molar-refractivity contribution in [3.8, 4) is 0 Å². The van der Waals surface area contributed by atoms with E-state index in [4.69, 9.17) is 4.98 Å². The van der Waals surface area contributed by atoms with Crippen LogP contribution >= 0.6 is 0 Å². The molecule has 0 fully saturated rings. The van der Waals surface area contributed by atoms with Crippen LogP contribution in [0.2, 0.25) is 0 Å². The molecule has 1 aliphatic carbocycles. The third-order valence-corrected chi connectivity index (χ3v) is 6.11. The normalized spacial score (nSPS) is 18.4. The monoisotopic (exact) mass is 459 g/mol. The van der Waals surface area contributed by atoms with Crippen molar-refractivity contribution in [2.75, 3.05) is 6.26 Å². The van der Waals surface area contributed by atoms with Gasteiger partial charge in [0.2, 0.25) is 10.0 Å². The second kappa shape index (κ2) is 9.92. The Hall–Kier alpha value is -2.58. The van der Waals surface area contributed by atoms with Gasteiger partial charge in [0.25, 0.3) is 5.56 Å². The van der Waals surface area contributed by atoms with Gasteiger partial charge in [-0.1, -0.05) is 50.3 Å². The summed E-state index contributed by atoms with van der Waals surface area (Å²) in [5.74, 6) is 0.0122. The highest BCUT2D eigenvalue weighted by molar-refractivity contribution is 7.88. The largest absolute Gasteiger partial charge is 0.296 e. The molecule has 0 spiro atoms. The first-order chi connectivity index (χ1) is 15.0. The molecule has 1 heterocycles. The van der Waals surface area contributed by atoms with Gasteiger partial charge >= 0.3 is 0 Å². The van der Waals surface area contributed by atoms with Crippen molar-refractivity contribution >= 4 is 10.0 Å². The molecule has 1 aromatic heterocycles. The van der Waals surface area contributed by atoms with Crippen molar-refractivity contribution in [3.05, 3.63) is 87.4 Å². The molecule has 172 valence electrons. The summed E-state index contributed by atoms with van der Waals surface area (Å²) in [7, 11) is -3.47. The minimum absolute atomic E-state index is 0.126. The van der Waals surface area contributed by atoms with Crippen LogP contribution in [0.25, 0.3) is 0 Å². The van der Waals surface area contributed by atoms with E-state index in [0.717, 1.165) is 11.8 Å². The van der Waals surface area contributed by atoms with Crippen LogP contribution in [0, 0.1) is 18.7 Å². The van der Waals surface area contributed by atoms with E-state index >= 15 is 0 Å². The highest BCUT2D eigenvalue weighted by Gasteiger charge is 2.28. The van der Waals surface area contributed by atoms with Crippen molar-refractivity contribution in [2.45, 2.75) is 52.1 Å². The predicted octanol–water partition coefficient (Wildman–Crippen LogP) is 3.26. The van der Waals surface area contributed by atoms with Gasteiger partial charge in [-0.05, 0) is 43.4 Å². The van der Waals surface area contributed by atoms with Gasteiger partial charge in [-0.15, -0.1) is 0 Å². The van der Waals surface area contributed by atoms with Crippen LogP contribution in [0.15, 0.2) is 53.4 Å². The average Bonchev–Trinajstić information content (AvgIpc) is 2.69. The van der Waals surface area contributed by atoms with Crippen LogP contribution < -0.4 is 10.3 Å². The predicted molar refractivity (Wildman–Crippen MR) is 125 cm³/mol. The highest BCUT2D eigenvalue weighted by atomic mass is 32.2. The van der Waals surface area contributed by atoms with Gasteiger partial charge in [-0.2, -0.15) is 0 Å².